The third-order valence-electron chi connectivity index (χ3n) is 4.98. The maximum atomic E-state index is 8.96. The van der Waals surface area contributed by atoms with Crippen LogP contribution in [0, 0.1) is 11.3 Å². The van der Waals surface area contributed by atoms with Crippen molar-refractivity contribution < 1.29 is 0 Å². The lowest BCUT2D eigenvalue weighted by Crippen LogP contribution is -2.24. The molecule has 3 N–H and O–H groups in total. The molecular weight excluding hydrogens is 362 g/mol. The molecule has 4 aromatic rings. The van der Waals surface area contributed by atoms with Crippen molar-refractivity contribution in [2.75, 3.05) is 18.4 Å². The van der Waals surface area contributed by atoms with Gasteiger partial charge in [-0.2, -0.15) is 5.26 Å². The molecule has 29 heavy (non-hydrogen) atoms. The standard InChI is InChI=1S/C22H23N7/c1-16(18-8-6-17(12-23)7-9-18)29-15-25-14-19(29)13-24-10-11-26-22-27-20-4-2-3-5-21(20)28-22/h2-9,14-16,24H,10-11,13H2,1H3,(H2,26,27,28). The predicted molar refractivity (Wildman–Crippen MR) is 113 cm³/mol. The SMILES string of the molecule is CC(c1ccc(C#N)cc1)n1cncc1CNCCNc1nc2ccccc2[nH]1. The zero-order chi connectivity index (χ0) is 20.1. The summed E-state index contributed by atoms with van der Waals surface area (Å²) in [6, 6.07) is 18.0. The maximum Gasteiger partial charge on any atom is 0.201 e. The van der Waals surface area contributed by atoms with Crippen molar-refractivity contribution in [3.8, 4) is 6.07 Å². The second-order valence-electron chi connectivity index (χ2n) is 6.91. The molecule has 2 heterocycles. The Labute approximate surface area is 169 Å². The number of hydrogen-bond acceptors (Lipinski definition) is 5. The van der Waals surface area contributed by atoms with E-state index in [-0.39, 0.29) is 6.04 Å². The van der Waals surface area contributed by atoms with Crippen LogP contribution < -0.4 is 10.6 Å². The molecule has 1 unspecified atom stereocenters. The second kappa shape index (κ2) is 8.59. The molecule has 2 aromatic heterocycles. The van der Waals surface area contributed by atoms with E-state index in [1.807, 2.05) is 61.1 Å². The lowest BCUT2D eigenvalue weighted by molar-refractivity contribution is 0.580. The Morgan fingerprint density at radius 1 is 1.14 bits per heavy atom. The number of nitriles is 1. The Morgan fingerprint density at radius 3 is 2.76 bits per heavy atom. The van der Waals surface area contributed by atoms with E-state index in [0.29, 0.717) is 5.56 Å². The Bertz CT molecular complexity index is 1080. The van der Waals surface area contributed by atoms with Gasteiger partial charge in [0.05, 0.1) is 40.7 Å². The van der Waals surface area contributed by atoms with Gasteiger partial charge in [-0.05, 0) is 36.8 Å². The molecule has 0 aliphatic carbocycles. The Balaban J connectivity index is 1.29. The van der Waals surface area contributed by atoms with Gasteiger partial charge in [0, 0.05) is 25.8 Å². The van der Waals surface area contributed by atoms with Crippen LogP contribution in [-0.4, -0.2) is 32.6 Å². The van der Waals surface area contributed by atoms with Crippen molar-refractivity contribution in [1.29, 1.82) is 5.26 Å². The van der Waals surface area contributed by atoms with E-state index in [1.54, 1.807) is 0 Å². The molecule has 4 rings (SSSR count). The monoisotopic (exact) mass is 385 g/mol. The molecule has 0 aliphatic heterocycles. The molecule has 1 atom stereocenters. The number of hydrogen-bond donors (Lipinski definition) is 3. The summed E-state index contributed by atoms with van der Waals surface area (Å²) in [6.07, 6.45) is 3.74. The van der Waals surface area contributed by atoms with E-state index in [4.69, 9.17) is 5.26 Å². The smallest absolute Gasteiger partial charge is 0.201 e. The number of aromatic amines is 1. The highest BCUT2D eigenvalue weighted by Gasteiger charge is 2.11. The van der Waals surface area contributed by atoms with Crippen molar-refractivity contribution in [1.82, 2.24) is 24.8 Å². The summed E-state index contributed by atoms with van der Waals surface area (Å²) in [7, 11) is 0. The highest BCUT2D eigenvalue weighted by atomic mass is 15.1. The Morgan fingerprint density at radius 2 is 1.97 bits per heavy atom. The first kappa shape index (κ1) is 18.7. The summed E-state index contributed by atoms with van der Waals surface area (Å²) in [6.45, 7) is 4.42. The average molecular weight is 385 g/mol. The van der Waals surface area contributed by atoms with Crippen molar-refractivity contribution in [3.05, 3.63) is 77.9 Å². The number of aromatic nitrogens is 4. The first-order chi connectivity index (χ1) is 14.2. The van der Waals surface area contributed by atoms with Gasteiger partial charge in [-0.1, -0.05) is 24.3 Å². The second-order valence-corrected chi connectivity index (χ2v) is 6.91. The zero-order valence-corrected chi connectivity index (χ0v) is 16.3. The molecule has 0 spiro atoms. The van der Waals surface area contributed by atoms with Crippen LogP contribution in [0.3, 0.4) is 0 Å². The lowest BCUT2D eigenvalue weighted by atomic mass is 10.1. The first-order valence-electron chi connectivity index (χ1n) is 9.64. The summed E-state index contributed by atoms with van der Waals surface area (Å²) in [5.74, 6) is 0.785. The van der Waals surface area contributed by atoms with E-state index >= 15 is 0 Å². The number of benzene rings is 2. The molecule has 7 heteroatoms. The van der Waals surface area contributed by atoms with E-state index < -0.39 is 0 Å². The average Bonchev–Trinajstić information content (AvgIpc) is 3.39. The fourth-order valence-electron chi connectivity index (χ4n) is 3.34. The van der Waals surface area contributed by atoms with Crippen molar-refractivity contribution in [2.24, 2.45) is 0 Å². The number of anilines is 1. The normalized spacial score (nSPS) is 12.0. The van der Waals surface area contributed by atoms with Gasteiger partial charge in [0.1, 0.15) is 0 Å². The summed E-state index contributed by atoms with van der Waals surface area (Å²) >= 11 is 0. The number of rotatable bonds is 8. The summed E-state index contributed by atoms with van der Waals surface area (Å²) in [5, 5.41) is 15.7. The molecule has 0 radical (unpaired) electrons. The number of H-pyrrole nitrogens is 1. The van der Waals surface area contributed by atoms with Crippen LogP contribution in [0.2, 0.25) is 0 Å². The molecule has 0 saturated carbocycles. The number of para-hydroxylation sites is 2. The van der Waals surface area contributed by atoms with E-state index in [9.17, 15) is 0 Å². The number of nitrogens with one attached hydrogen (secondary N) is 3. The number of fused-ring (bicyclic) bond motifs is 1. The summed E-state index contributed by atoms with van der Waals surface area (Å²) < 4.78 is 2.15. The minimum Gasteiger partial charge on any atom is -0.355 e. The van der Waals surface area contributed by atoms with Crippen LogP contribution in [0.1, 0.15) is 29.8 Å². The highest BCUT2D eigenvalue weighted by molar-refractivity contribution is 5.77. The first-order valence-corrected chi connectivity index (χ1v) is 9.64. The zero-order valence-electron chi connectivity index (χ0n) is 16.3. The number of imidazole rings is 2. The molecule has 0 bridgehead atoms. The van der Waals surface area contributed by atoms with Gasteiger partial charge in [0.15, 0.2) is 0 Å². The molecular formula is C22H23N7. The van der Waals surface area contributed by atoms with Gasteiger partial charge >= 0.3 is 0 Å². The fraction of sp³-hybridized carbons (Fsp3) is 0.227. The minimum absolute atomic E-state index is 0.149. The molecule has 7 nitrogen and oxygen atoms in total. The lowest BCUT2D eigenvalue weighted by Gasteiger charge is -2.17. The Hall–Kier alpha value is -3.63. The van der Waals surface area contributed by atoms with Crippen molar-refractivity contribution in [3.63, 3.8) is 0 Å². The molecule has 0 saturated heterocycles. The van der Waals surface area contributed by atoms with Gasteiger partial charge < -0.3 is 20.2 Å². The van der Waals surface area contributed by atoms with Crippen LogP contribution in [0.15, 0.2) is 61.1 Å². The van der Waals surface area contributed by atoms with Crippen LogP contribution >= 0.6 is 0 Å². The third kappa shape index (κ3) is 4.28. The van der Waals surface area contributed by atoms with Crippen LogP contribution in [0.5, 0.6) is 0 Å². The van der Waals surface area contributed by atoms with E-state index in [0.717, 1.165) is 47.9 Å². The van der Waals surface area contributed by atoms with Gasteiger partial charge in [-0.25, -0.2) is 9.97 Å². The van der Waals surface area contributed by atoms with Crippen molar-refractivity contribution >= 4 is 17.0 Å². The molecule has 2 aromatic carbocycles. The van der Waals surface area contributed by atoms with E-state index in [2.05, 4.69) is 43.1 Å². The summed E-state index contributed by atoms with van der Waals surface area (Å²) in [5.41, 5.74) is 4.93. The summed E-state index contributed by atoms with van der Waals surface area (Å²) in [4.78, 5) is 12.1. The quantitative estimate of drug-likeness (QED) is 0.404. The van der Waals surface area contributed by atoms with Crippen molar-refractivity contribution in [2.45, 2.75) is 19.5 Å². The van der Waals surface area contributed by atoms with E-state index in [1.165, 1.54) is 0 Å². The molecule has 0 fully saturated rings. The van der Waals surface area contributed by atoms with Crippen LogP contribution in [-0.2, 0) is 6.54 Å². The Kier molecular flexibility index (Phi) is 5.54. The van der Waals surface area contributed by atoms with Gasteiger partial charge in [0.2, 0.25) is 5.95 Å². The van der Waals surface area contributed by atoms with Gasteiger partial charge in [-0.15, -0.1) is 0 Å². The predicted octanol–water partition coefficient (Wildman–Crippen LogP) is 3.44. The third-order valence-corrected chi connectivity index (χ3v) is 4.98. The maximum absolute atomic E-state index is 8.96. The molecule has 146 valence electrons. The number of nitrogens with zero attached hydrogens (tertiary/aromatic N) is 4. The topological polar surface area (TPSA) is 94.3 Å². The molecule has 0 amide bonds. The largest absolute Gasteiger partial charge is 0.355 e. The van der Waals surface area contributed by atoms with Gasteiger partial charge in [0.25, 0.3) is 0 Å². The van der Waals surface area contributed by atoms with Crippen LogP contribution in [0.25, 0.3) is 11.0 Å². The fourth-order valence-corrected chi connectivity index (χ4v) is 3.34. The molecule has 0 aliphatic rings. The minimum atomic E-state index is 0.149. The highest BCUT2D eigenvalue weighted by Crippen LogP contribution is 2.20. The van der Waals surface area contributed by atoms with Gasteiger partial charge in [-0.3, -0.25) is 0 Å². The van der Waals surface area contributed by atoms with Crippen LogP contribution in [0.4, 0.5) is 5.95 Å².